The van der Waals surface area contributed by atoms with Crippen LogP contribution < -0.4 is 5.32 Å². The average molecular weight is 474 g/mol. The van der Waals surface area contributed by atoms with Gasteiger partial charge >= 0.3 is 0 Å². The third-order valence-electron chi connectivity index (χ3n) is 4.91. The van der Waals surface area contributed by atoms with Crippen molar-refractivity contribution in [2.45, 2.75) is 52.2 Å². The summed E-state index contributed by atoms with van der Waals surface area (Å²) in [7, 11) is 0. The van der Waals surface area contributed by atoms with Gasteiger partial charge in [0.05, 0.1) is 6.42 Å². The summed E-state index contributed by atoms with van der Waals surface area (Å²) in [6.45, 7) is 5.52. The minimum atomic E-state index is -0.802. The van der Waals surface area contributed by atoms with Gasteiger partial charge < -0.3 is 10.2 Å². The maximum Gasteiger partial charge on any atom is 0.242 e. The summed E-state index contributed by atoms with van der Waals surface area (Å²) in [6.07, 6.45) is 0.470. The molecule has 162 valence electrons. The van der Waals surface area contributed by atoms with Gasteiger partial charge in [0.25, 0.3) is 0 Å². The van der Waals surface area contributed by atoms with E-state index in [-0.39, 0.29) is 35.5 Å². The Bertz CT molecular complexity index is 903. The molecule has 0 radical (unpaired) electrons. The molecule has 0 spiro atoms. The summed E-state index contributed by atoms with van der Waals surface area (Å²) in [6, 6.07) is 8.31. The van der Waals surface area contributed by atoms with E-state index in [1.165, 1.54) is 23.1 Å². The third-order valence-corrected chi connectivity index (χ3v) is 5.85. The normalized spacial score (nSPS) is 12.9. The van der Waals surface area contributed by atoms with Crippen LogP contribution in [0.1, 0.15) is 38.3 Å². The van der Waals surface area contributed by atoms with Gasteiger partial charge in [0.1, 0.15) is 11.9 Å². The topological polar surface area (TPSA) is 49.4 Å². The highest BCUT2D eigenvalue weighted by molar-refractivity contribution is 6.35. The lowest BCUT2D eigenvalue weighted by Gasteiger charge is -2.30. The summed E-state index contributed by atoms with van der Waals surface area (Å²) in [5.74, 6) is -1.32. The summed E-state index contributed by atoms with van der Waals surface area (Å²) >= 11 is 18.3. The molecule has 0 heterocycles. The number of hydrogen-bond donors (Lipinski definition) is 1. The average Bonchev–Trinajstić information content (AvgIpc) is 2.69. The van der Waals surface area contributed by atoms with Crippen LogP contribution in [-0.2, 0) is 22.6 Å². The number of hydrogen-bond acceptors (Lipinski definition) is 2. The van der Waals surface area contributed by atoms with Crippen LogP contribution in [0.5, 0.6) is 0 Å². The lowest BCUT2D eigenvalue weighted by Crippen LogP contribution is -2.50. The number of nitrogens with one attached hydrogen (secondary N) is 1. The molecule has 0 unspecified atom stereocenters. The summed E-state index contributed by atoms with van der Waals surface area (Å²) < 4.78 is 14.2. The van der Waals surface area contributed by atoms with Gasteiger partial charge in [0.2, 0.25) is 11.8 Å². The third kappa shape index (κ3) is 6.34. The molecular weight excluding hydrogens is 450 g/mol. The zero-order valence-electron chi connectivity index (χ0n) is 17.0. The molecule has 2 aromatic rings. The van der Waals surface area contributed by atoms with Crippen molar-refractivity contribution in [1.29, 1.82) is 0 Å². The Morgan fingerprint density at radius 3 is 2.40 bits per heavy atom. The van der Waals surface area contributed by atoms with E-state index in [1.807, 2.05) is 13.8 Å². The van der Waals surface area contributed by atoms with E-state index in [0.717, 1.165) is 6.42 Å². The molecule has 2 aromatic carbocycles. The van der Waals surface area contributed by atoms with E-state index in [2.05, 4.69) is 5.32 Å². The predicted octanol–water partition coefficient (Wildman–Crippen LogP) is 5.66. The van der Waals surface area contributed by atoms with E-state index in [9.17, 15) is 14.0 Å². The Labute approximate surface area is 191 Å². The van der Waals surface area contributed by atoms with Gasteiger partial charge in [-0.15, -0.1) is 0 Å². The highest BCUT2D eigenvalue weighted by Gasteiger charge is 2.28. The van der Waals surface area contributed by atoms with Crippen LogP contribution in [0.15, 0.2) is 36.4 Å². The Kier molecular flexibility index (Phi) is 8.95. The summed E-state index contributed by atoms with van der Waals surface area (Å²) in [4.78, 5) is 27.2. The number of carbonyl (C=O) groups is 2. The number of amides is 2. The van der Waals surface area contributed by atoms with Crippen LogP contribution >= 0.6 is 34.8 Å². The summed E-state index contributed by atoms with van der Waals surface area (Å²) in [5, 5.41) is 3.87. The quantitative estimate of drug-likeness (QED) is 0.538. The number of nitrogens with zero attached hydrogens (tertiary/aromatic N) is 1. The van der Waals surface area contributed by atoms with Crippen LogP contribution in [-0.4, -0.2) is 28.8 Å². The van der Waals surface area contributed by atoms with Gasteiger partial charge in [-0.2, -0.15) is 0 Å². The molecule has 2 rings (SSSR count). The van der Waals surface area contributed by atoms with Gasteiger partial charge in [-0.05, 0) is 50.1 Å². The molecule has 30 heavy (non-hydrogen) atoms. The smallest absolute Gasteiger partial charge is 0.242 e. The Hall–Kier alpha value is -1.82. The van der Waals surface area contributed by atoms with Crippen molar-refractivity contribution in [3.63, 3.8) is 0 Å². The Morgan fingerprint density at radius 2 is 1.80 bits per heavy atom. The highest BCUT2D eigenvalue weighted by Crippen LogP contribution is 2.25. The molecule has 0 aliphatic rings. The van der Waals surface area contributed by atoms with Gasteiger partial charge in [-0.25, -0.2) is 4.39 Å². The molecule has 0 bridgehead atoms. The first-order chi connectivity index (χ1) is 14.1. The van der Waals surface area contributed by atoms with E-state index < -0.39 is 17.8 Å². The maximum absolute atomic E-state index is 14.2. The molecule has 4 nitrogen and oxygen atoms in total. The standard InChI is InChI=1S/C22H24Cl3FN2O2/c1-4-13(2)27-22(30)14(3)28(12-15-8-9-16(23)10-19(15)25)21(29)11-17-18(24)6-5-7-20(17)26/h5-10,13-14H,4,11-12H2,1-3H3,(H,27,30)/t13-,14-/m1/s1. The zero-order valence-corrected chi connectivity index (χ0v) is 19.3. The van der Waals surface area contributed by atoms with Crippen molar-refractivity contribution in [3.8, 4) is 0 Å². The van der Waals surface area contributed by atoms with Crippen molar-refractivity contribution in [3.05, 3.63) is 68.4 Å². The Balaban J connectivity index is 2.34. The minimum absolute atomic E-state index is 0.0444. The fourth-order valence-corrected chi connectivity index (χ4v) is 3.53. The van der Waals surface area contributed by atoms with Crippen LogP contribution in [0.4, 0.5) is 4.39 Å². The lowest BCUT2D eigenvalue weighted by molar-refractivity contribution is -0.140. The van der Waals surface area contributed by atoms with E-state index in [0.29, 0.717) is 15.6 Å². The summed E-state index contributed by atoms with van der Waals surface area (Å²) in [5.41, 5.74) is 0.711. The maximum atomic E-state index is 14.2. The Morgan fingerprint density at radius 1 is 1.10 bits per heavy atom. The number of benzene rings is 2. The number of carbonyl (C=O) groups excluding carboxylic acids is 2. The molecule has 1 N–H and O–H groups in total. The SMILES string of the molecule is CC[C@@H](C)NC(=O)[C@@H](C)N(Cc1ccc(Cl)cc1Cl)C(=O)Cc1c(F)cccc1Cl. The zero-order chi connectivity index (χ0) is 22.4. The lowest BCUT2D eigenvalue weighted by atomic mass is 10.1. The van der Waals surface area contributed by atoms with Crippen LogP contribution in [0, 0.1) is 5.82 Å². The van der Waals surface area contributed by atoms with Crippen molar-refractivity contribution in [1.82, 2.24) is 10.2 Å². The van der Waals surface area contributed by atoms with Crippen LogP contribution in [0.3, 0.4) is 0 Å². The molecule has 0 aliphatic carbocycles. The second kappa shape index (κ2) is 11.0. The molecule has 0 fully saturated rings. The van der Waals surface area contributed by atoms with E-state index in [1.54, 1.807) is 25.1 Å². The fraction of sp³-hybridized carbons (Fsp3) is 0.364. The molecule has 0 aliphatic heterocycles. The molecule has 0 saturated heterocycles. The molecular formula is C22H24Cl3FN2O2. The molecule has 2 atom stereocenters. The first-order valence-electron chi connectivity index (χ1n) is 9.60. The largest absolute Gasteiger partial charge is 0.352 e. The minimum Gasteiger partial charge on any atom is -0.352 e. The van der Waals surface area contributed by atoms with E-state index in [4.69, 9.17) is 34.8 Å². The van der Waals surface area contributed by atoms with Gasteiger partial charge in [0.15, 0.2) is 0 Å². The molecule has 2 amide bonds. The second-order valence-corrected chi connectivity index (χ2v) is 8.38. The molecule has 8 heteroatoms. The number of rotatable bonds is 8. The molecule has 0 saturated carbocycles. The fourth-order valence-electron chi connectivity index (χ4n) is 2.84. The first-order valence-corrected chi connectivity index (χ1v) is 10.7. The van der Waals surface area contributed by atoms with Crippen molar-refractivity contribution in [2.24, 2.45) is 0 Å². The van der Waals surface area contributed by atoms with E-state index >= 15 is 0 Å². The monoisotopic (exact) mass is 472 g/mol. The molecule has 0 aromatic heterocycles. The number of halogens is 4. The highest BCUT2D eigenvalue weighted by atomic mass is 35.5. The van der Waals surface area contributed by atoms with Crippen LogP contribution in [0.2, 0.25) is 15.1 Å². The van der Waals surface area contributed by atoms with Crippen molar-refractivity contribution in [2.75, 3.05) is 0 Å². The van der Waals surface area contributed by atoms with Gasteiger partial charge in [-0.1, -0.05) is 53.9 Å². The van der Waals surface area contributed by atoms with Crippen LogP contribution in [0.25, 0.3) is 0 Å². The predicted molar refractivity (Wildman–Crippen MR) is 119 cm³/mol. The van der Waals surface area contributed by atoms with Gasteiger partial charge in [-0.3, -0.25) is 9.59 Å². The van der Waals surface area contributed by atoms with Crippen molar-refractivity contribution >= 4 is 46.6 Å². The first kappa shape index (κ1) is 24.4. The van der Waals surface area contributed by atoms with Gasteiger partial charge in [0, 0.05) is 33.2 Å². The van der Waals surface area contributed by atoms with Crippen molar-refractivity contribution < 1.29 is 14.0 Å². The second-order valence-electron chi connectivity index (χ2n) is 7.13.